The number of aliphatic hydroxyl groups excluding tert-OH is 2. The molecule has 6 aromatic heterocycles. The fourth-order valence-electron chi connectivity index (χ4n) is 12.8. The normalized spacial score (nSPS) is 15.7. The number of halogens is 5. The van der Waals surface area contributed by atoms with E-state index in [4.69, 9.17) is 60.6 Å². The van der Waals surface area contributed by atoms with Gasteiger partial charge in [0.2, 0.25) is 20.4 Å². The lowest BCUT2D eigenvalue weighted by atomic mass is 9.93. The average Bonchev–Trinajstić information content (AvgIpc) is 1.64. The quantitative estimate of drug-likeness (QED) is 0.0252. The van der Waals surface area contributed by atoms with Crippen molar-refractivity contribution in [1.82, 2.24) is 68.7 Å². The van der Waals surface area contributed by atoms with E-state index in [9.17, 15) is 28.6 Å². The van der Waals surface area contributed by atoms with Crippen molar-refractivity contribution in [1.29, 1.82) is 0 Å². The van der Waals surface area contributed by atoms with E-state index in [0.717, 1.165) is 114 Å². The molecule has 98 heavy (non-hydrogen) atoms. The van der Waals surface area contributed by atoms with E-state index in [1.807, 2.05) is 45.5 Å². The van der Waals surface area contributed by atoms with E-state index in [2.05, 4.69) is 122 Å². The zero-order chi connectivity index (χ0) is 69.1. The maximum atomic E-state index is 14.1. The summed E-state index contributed by atoms with van der Waals surface area (Å²) in [5, 5.41) is 22.6. The van der Waals surface area contributed by atoms with E-state index >= 15 is 0 Å². The highest BCUT2D eigenvalue weighted by Crippen LogP contribution is 2.40. The van der Waals surface area contributed by atoms with Crippen molar-refractivity contribution in [2.45, 2.75) is 130 Å². The number of aromatic nitrogens is 11. The molecule has 3 aromatic carbocycles. The molecule has 27 nitrogen and oxygen atoms in total. The Morgan fingerprint density at radius 3 is 1.43 bits per heavy atom. The molecule has 0 saturated carbocycles. The number of rotatable bonds is 19. The van der Waals surface area contributed by atoms with E-state index in [1.165, 1.54) is 13.8 Å². The fourth-order valence-corrected chi connectivity index (χ4v) is 14.7. The summed E-state index contributed by atoms with van der Waals surface area (Å²) in [6.07, 6.45) is 5.68. The van der Waals surface area contributed by atoms with E-state index in [-0.39, 0.29) is 43.8 Å². The van der Waals surface area contributed by atoms with Gasteiger partial charge in [-0.05, 0) is 204 Å². The van der Waals surface area contributed by atoms with E-state index in [1.54, 1.807) is 16.0 Å². The van der Waals surface area contributed by atoms with Gasteiger partial charge >= 0.3 is 12.2 Å². The smallest absolute Gasteiger partial charge is 0.312 e. The minimum absolute atomic E-state index is 0.0119. The first kappa shape index (κ1) is 70.3. The first-order valence-electron chi connectivity index (χ1n) is 32.5. The third-order valence-electron chi connectivity index (χ3n) is 18.0. The summed E-state index contributed by atoms with van der Waals surface area (Å²) in [6, 6.07) is 14.3. The van der Waals surface area contributed by atoms with Gasteiger partial charge in [0.1, 0.15) is 35.2 Å². The Morgan fingerprint density at radius 1 is 0.571 bits per heavy atom. The standard InChI is InChI=1S/2C23H26FIN6O4.C20H24IN5O2/c2*1-12(32)22(33)30-5-2-13(3-6-30)4-7-31-18(27-19-20(26)28-23(24)29-21(19)31)9-14-8-16-17(10-15(14)25)35-11-34-16;1-12(2)23-5-3-7-26-15-4-6-24-20(22)19(15)25-18(26)9-13-8-16-17(10-14(13)21)28-11-27-16/h2*8,10,12-13,32H,2-7,9,11H2,1H3,(H2,26,28,29);4,6,8,10,12,23H,3,5,7,9,11H2,1-2H3,(H2,22,24)/t2*12-;/m00./s1/i25+4;25-3;21-3. The Morgan fingerprint density at radius 2 is 0.980 bits per heavy atom. The number of likely N-dealkylation sites (tertiary alicyclic amines) is 2. The number of ether oxygens (including phenoxy) is 6. The van der Waals surface area contributed by atoms with Crippen molar-refractivity contribution in [3.8, 4) is 34.5 Å². The average molecular weight is 1680 g/mol. The number of hydrogen-bond acceptors (Lipinski definition) is 22. The second kappa shape index (κ2) is 30.9. The van der Waals surface area contributed by atoms with Crippen LogP contribution in [0.15, 0.2) is 48.7 Å². The number of nitrogens with zero attached hydrogens (tertiary/aromatic N) is 13. The SMILES string of the molecule is CC(C)NCCCn1c(Cc2cc3c(cc2[124I])OCO3)nc2c(N)nccc21.C[C@H](O)C(=O)N1CCC(CCn2c(Cc3cc4c(cc3[124I])OCO4)nc3c(N)nc(F)nc32)CC1.C[C@H](O)C(=O)N1CCC(CCn2c(Cc3cc4c(cc3[131I])OCO4)nc3c(N)nc(F)nc32)CC1. The van der Waals surface area contributed by atoms with Gasteiger partial charge < -0.3 is 84.7 Å². The summed E-state index contributed by atoms with van der Waals surface area (Å²) in [5.41, 5.74) is 24.5. The molecule has 9 N–H and O–H groups in total. The molecule has 2 saturated heterocycles. The molecule has 2 atom stereocenters. The molecule has 0 unspecified atom stereocenters. The zero-order valence-corrected chi connectivity index (χ0v) is 60.9. The molecule has 520 valence electrons. The highest BCUT2D eigenvalue weighted by atomic mass is 131. The molecule has 0 radical (unpaired) electrons. The molecule has 2 fully saturated rings. The first-order chi connectivity index (χ1) is 47.1. The number of piperidine rings is 2. The van der Waals surface area contributed by atoms with Crippen molar-refractivity contribution in [3.63, 3.8) is 0 Å². The second-order valence-electron chi connectivity index (χ2n) is 25.1. The predicted octanol–water partition coefficient (Wildman–Crippen LogP) is 8.29. The number of nitrogens with one attached hydrogen (secondary N) is 1. The monoisotopic (exact) mass is 1680 g/mol. The number of amides is 2. The van der Waals surface area contributed by atoms with Crippen LogP contribution in [0.3, 0.4) is 0 Å². The number of aliphatic hydroxyl groups is 2. The van der Waals surface area contributed by atoms with Crippen molar-refractivity contribution < 1.29 is 57.0 Å². The highest BCUT2D eigenvalue weighted by molar-refractivity contribution is 14.1. The van der Waals surface area contributed by atoms with Gasteiger partial charge in [0.15, 0.2) is 74.3 Å². The number of aryl methyl sites for hydroxylation is 3. The molecule has 32 heteroatoms. The van der Waals surface area contributed by atoms with Gasteiger partial charge in [-0.1, -0.05) is 13.8 Å². The maximum Gasteiger partial charge on any atom is 0.312 e. The summed E-state index contributed by atoms with van der Waals surface area (Å²) in [5.74, 6) is 7.60. The van der Waals surface area contributed by atoms with Gasteiger partial charge in [-0.2, -0.15) is 28.7 Å². The number of anilines is 3. The number of carbonyl (C=O) groups is 2. The van der Waals surface area contributed by atoms with E-state index in [0.29, 0.717) is 139 Å². The third-order valence-corrected chi connectivity index (χ3v) is 21.0. The summed E-state index contributed by atoms with van der Waals surface area (Å²) in [4.78, 5) is 61.3. The Bertz CT molecular complexity index is 4230. The Balaban J connectivity index is 0.000000141. The first-order valence-corrected chi connectivity index (χ1v) is 35.7. The highest BCUT2D eigenvalue weighted by Gasteiger charge is 2.30. The maximum absolute atomic E-state index is 14.1. The number of imidazole rings is 3. The minimum atomic E-state index is -0.981. The number of nitrogen functional groups attached to an aromatic ring is 3. The van der Waals surface area contributed by atoms with Crippen LogP contribution in [0, 0.1) is 34.7 Å². The number of carbonyl (C=O) groups excluding carboxylic acids is 2. The van der Waals surface area contributed by atoms with Crippen LogP contribution in [-0.2, 0) is 48.5 Å². The number of pyridine rings is 1. The summed E-state index contributed by atoms with van der Waals surface area (Å²) < 4.78 is 70.4. The van der Waals surface area contributed by atoms with Crippen LogP contribution in [0.2, 0.25) is 0 Å². The van der Waals surface area contributed by atoms with Crippen LogP contribution >= 0.6 is 67.8 Å². The van der Waals surface area contributed by atoms with Gasteiger partial charge in [0, 0.05) is 88.0 Å². The van der Waals surface area contributed by atoms with Crippen LogP contribution in [0.4, 0.5) is 26.2 Å². The van der Waals surface area contributed by atoms with Crippen LogP contribution in [0.5, 0.6) is 34.5 Å². The Labute approximate surface area is 603 Å². The molecule has 0 bridgehead atoms. The zero-order valence-electron chi connectivity index (χ0n) is 54.5. The van der Waals surface area contributed by atoms with Crippen LogP contribution < -0.4 is 50.9 Å². The van der Waals surface area contributed by atoms with Gasteiger partial charge in [0.25, 0.3) is 11.8 Å². The van der Waals surface area contributed by atoms with Gasteiger partial charge in [-0.3, -0.25) is 9.59 Å². The number of benzene rings is 3. The van der Waals surface area contributed by atoms with Gasteiger partial charge in [-0.25, -0.2) is 19.9 Å². The number of nitrogens with two attached hydrogens (primary N) is 3. The largest absolute Gasteiger partial charge is 0.454 e. The lowest BCUT2D eigenvalue weighted by Gasteiger charge is -2.32. The van der Waals surface area contributed by atoms with Crippen LogP contribution in [0.25, 0.3) is 33.4 Å². The van der Waals surface area contributed by atoms with Crippen molar-refractivity contribution in [2.75, 3.05) is 70.3 Å². The molecule has 2 amide bonds. The molecule has 11 heterocycles. The lowest BCUT2D eigenvalue weighted by molar-refractivity contribution is -0.141. The predicted molar refractivity (Wildman–Crippen MR) is 385 cm³/mol. The molecule has 9 aromatic rings. The third kappa shape index (κ3) is 16.0. The molecule has 5 aliphatic rings. The minimum Gasteiger partial charge on any atom is -0.454 e. The summed E-state index contributed by atoms with van der Waals surface area (Å²) >= 11 is 6.85. The Kier molecular flexibility index (Phi) is 22.2. The van der Waals surface area contributed by atoms with Crippen molar-refractivity contribution in [2.24, 2.45) is 11.8 Å². The Hall–Kier alpha value is -7.55. The van der Waals surface area contributed by atoms with E-state index < -0.39 is 24.4 Å². The van der Waals surface area contributed by atoms with Gasteiger partial charge in [0.05, 0.1) is 5.52 Å². The fraction of sp³-hybridized carbons (Fsp3) is 0.455. The van der Waals surface area contributed by atoms with Crippen LogP contribution in [-0.4, -0.2) is 157 Å². The molecule has 0 aliphatic carbocycles. The van der Waals surface area contributed by atoms with Crippen molar-refractivity contribution in [3.05, 3.63) is 106 Å². The number of hydrogen-bond donors (Lipinski definition) is 6. The number of fused-ring (bicyclic) bond motifs is 6. The molecule has 0 spiro atoms. The molecule has 14 rings (SSSR count). The van der Waals surface area contributed by atoms with Crippen molar-refractivity contribution >= 4 is 130 Å². The molecule has 5 aliphatic heterocycles. The summed E-state index contributed by atoms with van der Waals surface area (Å²) in [7, 11) is 0. The van der Waals surface area contributed by atoms with Crippen LogP contribution in [0.1, 0.15) is 107 Å². The van der Waals surface area contributed by atoms with Gasteiger partial charge in [-0.15, -0.1) is 0 Å². The topological polar surface area (TPSA) is 344 Å². The second-order valence-corrected chi connectivity index (χ2v) is 28.5. The molecular formula is C66H76F2I3N17O10. The molecular weight excluding hydrogens is 1610 g/mol. The lowest BCUT2D eigenvalue weighted by Crippen LogP contribution is -2.43. The summed E-state index contributed by atoms with van der Waals surface area (Å²) in [6.45, 7) is 13.4.